The molecule has 27 heavy (non-hydrogen) atoms. The minimum Gasteiger partial charge on any atom is -0.349 e. The highest BCUT2D eigenvalue weighted by molar-refractivity contribution is 6.30. The van der Waals surface area contributed by atoms with Crippen molar-refractivity contribution in [3.8, 4) is 0 Å². The number of hydrogen-bond acceptors (Lipinski definition) is 2. The molecule has 0 spiro atoms. The number of nitrogens with zero attached hydrogens (tertiary/aromatic N) is 2. The molecule has 2 atom stereocenters. The van der Waals surface area contributed by atoms with Gasteiger partial charge in [-0.1, -0.05) is 65.7 Å². The Morgan fingerprint density at radius 2 is 1.63 bits per heavy atom. The van der Waals surface area contributed by atoms with Crippen LogP contribution >= 0.6 is 11.6 Å². The Labute approximate surface area is 163 Å². The maximum absolute atomic E-state index is 6.09. The van der Waals surface area contributed by atoms with Crippen LogP contribution < -0.4 is 5.32 Å². The lowest BCUT2D eigenvalue weighted by Crippen LogP contribution is -2.27. The van der Waals surface area contributed by atoms with E-state index in [2.05, 4.69) is 71.4 Å². The summed E-state index contributed by atoms with van der Waals surface area (Å²) in [6, 6.07) is 25.7. The fourth-order valence-corrected chi connectivity index (χ4v) is 4.12. The quantitative estimate of drug-likeness (QED) is 0.457. The molecule has 0 amide bonds. The van der Waals surface area contributed by atoms with Crippen LogP contribution in [-0.2, 0) is 0 Å². The van der Waals surface area contributed by atoms with Gasteiger partial charge in [0.1, 0.15) is 0 Å². The van der Waals surface area contributed by atoms with Gasteiger partial charge in [-0.05, 0) is 48.7 Å². The van der Waals surface area contributed by atoms with E-state index in [1.165, 1.54) is 22.2 Å². The number of anilines is 1. The number of halogens is 1. The van der Waals surface area contributed by atoms with Gasteiger partial charge in [0.2, 0.25) is 5.95 Å². The van der Waals surface area contributed by atoms with Crippen molar-refractivity contribution in [1.82, 2.24) is 9.55 Å². The van der Waals surface area contributed by atoms with Gasteiger partial charge >= 0.3 is 0 Å². The van der Waals surface area contributed by atoms with E-state index in [1.807, 2.05) is 18.2 Å². The van der Waals surface area contributed by atoms with E-state index in [1.54, 1.807) is 0 Å². The number of fused-ring (bicyclic) bond motifs is 3. The van der Waals surface area contributed by atoms with E-state index in [9.17, 15) is 0 Å². The van der Waals surface area contributed by atoms with Crippen LogP contribution in [0.3, 0.4) is 0 Å². The van der Waals surface area contributed by atoms with Crippen LogP contribution in [0.15, 0.2) is 72.8 Å². The smallest absolute Gasteiger partial charge is 0.204 e. The van der Waals surface area contributed by atoms with Crippen LogP contribution in [0.25, 0.3) is 11.0 Å². The lowest BCUT2D eigenvalue weighted by atomic mass is 9.92. The zero-order chi connectivity index (χ0) is 18.4. The molecule has 1 aromatic heterocycles. The maximum atomic E-state index is 6.09. The first-order chi connectivity index (χ1) is 13.2. The molecule has 5 rings (SSSR count). The minimum atomic E-state index is 0.192. The molecule has 4 heteroatoms. The van der Waals surface area contributed by atoms with Crippen molar-refractivity contribution in [2.45, 2.75) is 25.4 Å². The SMILES string of the molecule is Cc1ccc([C@H]2C[C@H](c3ccc(Cl)cc3)Nc3nc4ccccc4n32)cc1. The van der Waals surface area contributed by atoms with Crippen LogP contribution in [0.4, 0.5) is 5.95 Å². The standard InChI is InChI=1S/C23H20ClN3/c1-15-6-8-17(9-7-15)22-14-20(16-10-12-18(24)13-11-16)26-23-25-19-4-2-3-5-21(19)27(22)23/h2-13,20,22H,14H2,1H3,(H,25,26)/t20-,22-/m1/s1. The molecule has 0 radical (unpaired) electrons. The topological polar surface area (TPSA) is 29.9 Å². The molecule has 4 aromatic rings. The number of hydrogen-bond donors (Lipinski definition) is 1. The predicted molar refractivity (Wildman–Crippen MR) is 111 cm³/mol. The fourth-order valence-electron chi connectivity index (χ4n) is 3.99. The maximum Gasteiger partial charge on any atom is 0.204 e. The molecule has 0 saturated carbocycles. The first-order valence-electron chi connectivity index (χ1n) is 9.24. The van der Waals surface area contributed by atoms with Crippen molar-refractivity contribution in [3.05, 3.63) is 94.5 Å². The third kappa shape index (κ3) is 2.88. The molecule has 0 fully saturated rings. The summed E-state index contributed by atoms with van der Waals surface area (Å²) in [5.74, 6) is 0.924. The molecule has 134 valence electrons. The highest BCUT2D eigenvalue weighted by Gasteiger charge is 2.30. The summed E-state index contributed by atoms with van der Waals surface area (Å²) in [6.07, 6.45) is 0.956. The molecule has 1 aliphatic rings. The van der Waals surface area contributed by atoms with E-state index in [0.29, 0.717) is 0 Å². The Hall–Kier alpha value is -2.78. The van der Waals surface area contributed by atoms with Crippen LogP contribution in [0.1, 0.15) is 35.2 Å². The Bertz CT molecular complexity index is 1100. The predicted octanol–water partition coefficient (Wildman–Crippen LogP) is 6.14. The van der Waals surface area contributed by atoms with Crippen LogP contribution in [0.5, 0.6) is 0 Å². The fraction of sp³-hybridized carbons (Fsp3) is 0.174. The van der Waals surface area contributed by atoms with E-state index in [4.69, 9.17) is 16.6 Å². The van der Waals surface area contributed by atoms with E-state index in [0.717, 1.165) is 22.9 Å². The number of aryl methyl sites for hydroxylation is 1. The lowest BCUT2D eigenvalue weighted by Gasteiger charge is -2.33. The first kappa shape index (κ1) is 16.4. The Morgan fingerprint density at radius 3 is 2.41 bits per heavy atom. The highest BCUT2D eigenvalue weighted by atomic mass is 35.5. The monoisotopic (exact) mass is 373 g/mol. The van der Waals surface area contributed by atoms with Crippen molar-refractivity contribution in [3.63, 3.8) is 0 Å². The van der Waals surface area contributed by atoms with Crippen molar-refractivity contribution in [2.75, 3.05) is 5.32 Å². The van der Waals surface area contributed by atoms with Gasteiger partial charge in [-0.2, -0.15) is 0 Å². The number of aromatic nitrogens is 2. The number of para-hydroxylation sites is 2. The molecule has 0 bridgehead atoms. The number of benzene rings is 3. The largest absolute Gasteiger partial charge is 0.349 e. The summed E-state index contributed by atoms with van der Waals surface area (Å²) in [5.41, 5.74) is 6.01. The summed E-state index contributed by atoms with van der Waals surface area (Å²) in [4.78, 5) is 4.87. The van der Waals surface area contributed by atoms with Gasteiger partial charge in [0.15, 0.2) is 0 Å². The molecular formula is C23H20ClN3. The van der Waals surface area contributed by atoms with E-state index < -0.39 is 0 Å². The average Bonchev–Trinajstić information content (AvgIpc) is 3.07. The molecule has 3 nitrogen and oxygen atoms in total. The van der Waals surface area contributed by atoms with Crippen molar-refractivity contribution >= 4 is 28.6 Å². The molecular weight excluding hydrogens is 354 g/mol. The van der Waals surface area contributed by atoms with Gasteiger partial charge in [-0.3, -0.25) is 0 Å². The second kappa shape index (κ2) is 6.43. The van der Waals surface area contributed by atoms with Gasteiger partial charge < -0.3 is 9.88 Å². The molecule has 0 saturated heterocycles. The zero-order valence-electron chi connectivity index (χ0n) is 15.1. The van der Waals surface area contributed by atoms with Gasteiger partial charge in [0, 0.05) is 5.02 Å². The van der Waals surface area contributed by atoms with E-state index in [-0.39, 0.29) is 12.1 Å². The molecule has 1 N–H and O–H groups in total. The summed E-state index contributed by atoms with van der Waals surface area (Å²) in [6.45, 7) is 2.13. The normalized spacial score (nSPS) is 18.9. The Balaban J connectivity index is 1.65. The number of nitrogens with one attached hydrogen (secondary N) is 1. The molecule has 2 heterocycles. The highest BCUT2D eigenvalue weighted by Crippen LogP contribution is 2.41. The second-order valence-electron chi connectivity index (χ2n) is 7.20. The zero-order valence-corrected chi connectivity index (χ0v) is 15.8. The molecule has 3 aromatic carbocycles. The first-order valence-corrected chi connectivity index (χ1v) is 9.62. The number of rotatable bonds is 2. The van der Waals surface area contributed by atoms with Gasteiger partial charge in [0.05, 0.1) is 23.1 Å². The van der Waals surface area contributed by atoms with Crippen molar-refractivity contribution in [2.24, 2.45) is 0 Å². The summed E-state index contributed by atoms with van der Waals surface area (Å²) in [5, 5.41) is 4.40. The minimum absolute atomic E-state index is 0.192. The van der Waals surface area contributed by atoms with Gasteiger partial charge in [0.25, 0.3) is 0 Å². The molecule has 0 unspecified atom stereocenters. The van der Waals surface area contributed by atoms with Crippen molar-refractivity contribution in [1.29, 1.82) is 0 Å². The second-order valence-corrected chi connectivity index (χ2v) is 7.64. The third-order valence-electron chi connectivity index (χ3n) is 5.40. The van der Waals surface area contributed by atoms with Crippen LogP contribution in [-0.4, -0.2) is 9.55 Å². The Morgan fingerprint density at radius 1 is 0.926 bits per heavy atom. The van der Waals surface area contributed by atoms with Crippen molar-refractivity contribution < 1.29 is 0 Å². The summed E-state index contributed by atoms with van der Waals surface area (Å²) >= 11 is 6.09. The average molecular weight is 374 g/mol. The van der Waals surface area contributed by atoms with E-state index >= 15 is 0 Å². The lowest BCUT2D eigenvalue weighted by molar-refractivity contribution is 0.477. The molecule has 1 aliphatic heterocycles. The van der Waals surface area contributed by atoms with Gasteiger partial charge in [-0.25, -0.2) is 4.98 Å². The Kier molecular flexibility index (Phi) is 3.91. The van der Waals surface area contributed by atoms with Gasteiger partial charge in [-0.15, -0.1) is 0 Å². The molecule has 0 aliphatic carbocycles. The third-order valence-corrected chi connectivity index (χ3v) is 5.66. The number of imidazole rings is 1. The summed E-state index contributed by atoms with van der Waals surface area (Å²) < 4.78 is 2.34. The summed E-state index contributed by atoms with van der Waals surface area (Å²) in [7, 11) is 0. The van der Waals surface area contributed by atoms with Crippen LogP contribution in [0, 0.1) is 6.92 Å². The van der Waals surface area contributed by atoms with Crippen LogP contribution in [0.2, 0.25) is 5.02 Å².